The van der Waals surface area contributed by atoms with E-state index in [-0.39, 0.29) is 11.5 Å². The predicted octanol–water partition coefficient (Wildman–Crippen LogP) is 1.91. The summed E-state index contributed by atoms with van der Waals surface area (Å²) in [5.41, 5.74) is 6.34. The first kappa shape index (κ1) is 12.0. The van der Waals surface area contributed by atoms with E-state index in [0.717, 1.165) is 35.1 Å². The van der Waals surface area contributed by atoms with Crippen LogP contribution in [0.3, 0.4) is 0 Å². The van der Waals surface area contributed by atoms with Gasteiger partial charge in [-0.25, -0.2) is 0 Å². The zero-order chi connectivity index (χ0) is 12.8. The summed E-state index contributed by atoms with van der Waals surface area (Å²) < 4.78 is 1.88. The zero-order valence-electron chi connectivity index (χ0n) is 10.9. The molecule has 1 saturated carbocycles. The van der Waals surface area contributed by atoms with Crippen LogP contribution in [-0.4, -0.2) is 25.9 Å². The van der Waals surface area contributed by atoms with Gasteiger partial charge in [-0.15, -0.1) is 10.2 Å². The third kappa shape index (κ3) is 1.66. The number of nitrogens with zero attached hydrogens (tertiary/aromatic N) is 4. The Morgan fingerprint density at radius 3 is 3.00 bits per heavy atom. The molecule has 0 amide bonds. The Labute approximate surface area is 110 Å². The zero-order valence-corrected chi connectivity index (χ0v) is 11.7. The third-order valence-corrected chi connectivity index (χ3v) is 5.32. The number of aryl methyl sites for hydroxylation is 1. The van der Waals surface area contributed by atoms with E-state index < -0.39 is 0 Å². The molecule has 0 aliphatic heterocycles. The van der Waals surface area contributed by atoms with Crippen molar-refractivity contribution in [2.45, 2.75) is 57.4 Å². The van der Waals surface area contributed by atoms with Crippen LogP contribution in [0.1, 0.15) is 50.4 Å². The molecular formula is C12H19N5S. The van der Waals surface area contributed by atoms with Crippen molar-refractivity contribution in [2.24, 2.45) is 5.73 Å². The highest BCUT2D eigenvalue weighted by Crippen LogP contribution is 2.39. The molecule has 3 rings (SSSR count). The Morgan fingerprint density at radius 1 is 1.44 bits per heavy atom. The summed E-state index contributed by atoms with van der Waals surface area (Å²) in [5, 5.41) is 14.2. The monoisotopic (exact) mass is 265 g/mol. The Bertz CT molecular complexity index is 560. The molecule has 98 valence electrons. The van der Waals surface area contributed by atoms with Gasteiger partial charge in [0.25, 0.3) is 0 Å². The van der Waals surface area contributed by atoms with Crippen molar-refractivity contribution < 1.29 is 0 Å². The van der Waals surface area contributed by atoms with Crippen molar-refractivity contribution in [3.8, 4) is 0 Å². The summed E-state index contributed by atoms with van der Waals surface area (Å²) in [6.45, 7) is 4.32. The van der Waals surface area contributed by atoms with E-state index in [0.29, 0.717) is 0 Å². The molecule has 6 heteroatoms. The Hall–Kier alpha value is -1.01. The second-order valence-corrected chi connectivity index (χ2v) is 6.30. The van der Waals surface area contributed by atoms with E-state index in [1.165, 1.54) is 12.8 Å². The normalized spacial score (nSPS) is 28.9. The van der Waals surface area contributed by atoms with Crippen molar-refractivity contribution in [1.29, 1.82) is 0 Å². The van der Waals surface area contributed by atoms with E-state index >= 15 is 0 Å². The molecule has 1 aliphatic rings. The fourth-order valence-corrected chi connectivity index (χ4v) is 3.83. The minimum absolute atomic E-state index is 0.00856. The number of fused-ring (bicyclic) bond motifs is 1. The minimum atomic E-state index is 0.00856. The van der Waals surface area contributed by atoms with Gasteiger partial charge >= 0.3 is 0 Å². The molecule has 0 aromatic carbocycles. The van der Waals surface area contributed by atoms with Crippen LogP contribution < -0.4 is 5.73 Å². The largest absolute Gasteiger partial charge is 0.327 e. The number of hydrogen-bond donors (Lipinski definition) is 1. The Balaban J connectivity index is 2.05. The highest BCUT2D eigenvalue weighted by Gasteiger charge is 2.39. The molecule has 2 unspecified atom stereocenters. The number of nitrogens with two attached hydrogens (primary N) is 1. The fraction of sp³-hybridized carbons (Fsp3) is 0.750. The molecule has 0 bridgehead atoms. The van der Waals surface area contributed by atoms with Crippen LogP contribution in [0, 0.1) is 0 Å². The highest BCUT2D eigenvalue weighted by atomic mass is 32.1. The van der Waals surface area contributed by atoms with Crippen LogP contribution in [0.5, 0.6) is 0 Å². The topological polar surface area (TPSA) is 69.1 Å². The van der Waals surface area contributed by atoms with Gasteiger partial charge in [0.1, 0.15) is 5.01 Å². The van der Waals surface area contributed by atoms with Gasteiger partial charge in [0.2, 0.25) is 4.96 Å². The molecule has 0 spiro atoms. The van der Waals surface area contributed by atoms with Gasteiger partial charge in [-0.1, -0.05) is 38.0 Å². The van der Waals surface area contributed by atoms with E-state index in [9.17, 15) is 0 Å². The van der Waals surface area contributed by atoms with Crippen LogP contribution in [0.15, 0.2) is 0 Å². The van der Waals surface area contributed by atoms with E-state index in [4.69, 9.17) is 10.8 Å². The molecule has 0 radical (unpaired) electrons. The lowest BCUT2D eigenvalue weighted by Crippen LogP contribution is -2.45. The third-order valence-electron chi connectivity index (χ3n) is 4.14. The highest BCUT2D eigenvalue weighted by molar-refractivity contribution is 7.16. The van der Waals surface area contributed by atoms with Gasteiger partial charge in [-0.2, -0.15) is 9.61 Å². The van der Waals surface area contributed by atoms with E-state index in [1.54, 1.807) is 11.3 Å². The van der Waals surface area contributed by atoms with Crippen LogP contribution in [0.4, 0.5) is 0 Å². The van der Waals surface area contributed by atoms with Gasteiger partial charge < -0.3 is 5.73 Å². The lowest BCUT2D eigenvalue weighted by Gasteiger charge is -2.37. The van der Waals surface area contributed by atoms with Crippen molar-refractivity contribution >= 4 is 16.3 Å². The SMILES string of the molecule is CCc1nnc2sc(C3(C)CCCCC3N)nn12. The summed E-state index contributed by atoms with van der Waals surface area (Å²) in [6.07, 6.45) is 5.55. The summed E-state index contributed by atoms with van der Waals surface area (Å²) in [4.78, 5) is 0.890. The first-order valence-corrected chi connectivity index (χ1v) is 7.44. The molecule has 18 heavy (non-hydrogen) atoms. The fourth-order valence-electron chi connectivity index (χ4n) is 2.73. The van der Waals surface area contributed by atoms with Crippen molar-refractivity contribution in [3.05, 3.63) is 10.8 Å². The molecule has 1 aliphatic carbocycles. The van der Waals surface area contributed by atoms with Crippen molar-refractivity contribution in [1.82, 2.24) is 19.8 Å². The van der Waals surface area contributed by atoms with Crippen LogP contribution in [0.25, 0.3) is 4.96 Å². The minimum Gasteiger partial charge on any atom is -0.327 e. The van der Waals surface area contributed by atoms with Crippen LogP contribution in [0.2, 0.25) is 0 Å². The lowest BCUT2D eigenvalue weighted by molar-refractivity contribution is 0.269. The Morgan fingerprint density at radius 2 is 2.28 bits per heavy atom. The summed E-state index contributed by atoms with van der Waals surface area (Å²) in [7, 11) is 0. The average molecular weight is 265 g/mol. The van der Waals surface area contributed by atoms with Crippen molar-refractivity contribution in [2.75, 3.05) is 0 Å². The number of aromatic nitrogens is 4. The molecule has 2 aromatic heterocycles. The van der Waals surface area contributed by atoms with E-state index in [2.05, 4.69) is 24.0 Å². The van der Waals surface area contributed by atoms with Crippen LogP contribution >= 0.6 is 11.3 Å². The first-order valence-electron chi connectivity index (χ1n) is 6.62. The van der Waals surface area contributed by atoms with Gasteiger partial charge in [0, 0.05) is 17.9 Å². The molecular weight excluding hydrogens is 246 g/mol. The predicted molar refractivity (Wildman–Crippen MR) is 71.8 cm³/mol. The maximum absolute atomic E-state index is 6.33. The second kappa shape index (κ2) is 4.28. The quantitative estimate of drug-likeness (QED) is 0.900. The van der Waals surface area contributed by atoms with Gasteiger partial charge in [0.05, 0.1) is 0 Å². The number of rotatable bonds is 2. The smallest absolute Gasteiger partial charge is 0.234 e. The maximum atomic E-state index is 6.33. The van der Waals surface area contributed by atoms with Gasteiger partial charge in [-0.3, -0.25) is 0 Å². The maximum Gasteiger partial charge on any atom is 0.234 e. The Kier molecular flexibility index (Phi) is 2.86. The van der Waals surface area contributed by atoms with E-state index in [1.807, 2.05) is 4.52 Å². The molecule has 1 fully saturated rings. The average Bonchev–Trinajstić information content (AvgIpc) is 2.92. The molecule has 2 N–H and O–H groups in total. The second-order valence-electron chi connectivity index (χ2n) is 5.34. The molecule has 2 heterocycles. The molecule has 2 aromatic rings. The summed E-state index contributed by atoms with van der Waals surface area (Å²) in [5.74, 6) is 0.931. The number of hydrogen-bond acceptors (Lipinski definition) is 5. The lowest BCUT2D eigenvalue weighted by atomic mass is 9.72. The first-order chi connectivity index (χ1) is 8.65. The van der Waals surface area contributed by atoms with Gasteiger partial charge in [0.15, 0.2) is 5.82 Å². The van der Waals surface area contributed by atoms with Gasteiger partial charge in [-0.05, 0) is 12.8 Å². The molecule has 5 nitrogen and oxygen atoms in total. The molecule has 2 atom stereocenters. The summed E-state index contributed by atoms with van der Waals surface area (Å²) in [6, 6.07) is 0.208. The standard InChI is InChI=1S/C12H19N5S/c1-3-9-14-15-11-17(9)16-10(18-11)12(2)7-5-4-6-8(12)13/h8H,3-7,13H2,1-2H3. The van der Waals surface area contributed by atoms with Crippen molar-refractivity contribution in [3.63, 3.8) is 0 Å². The molecule has 0 saturated heterocycles. The van der Waals surface area contributed by atoms with Crippen LogP contribution in [-0.2, 0) is 11.8 Å². The summed E-state index contributed by atoms with van der Waals surface area (Å²) >= 11 is 1.64.